The first-order valence-corrected chi connectivity index (χ1v) is 20.4. The molecule has 1 aromatic heterocycles. The minimum absolute atomic E-state index is 0. The van der Waals surface area contributed by atoms with Gasteiger partial charge in [0.05, 0.1) is 35.2 Å². The Morgan fingerprint density at radius 2 is 0.736 bits per heavy atom. The fraction of sp³-hybridized carbons (Fsp3) is 0.578. The molecule has 1 heterocycles. The molecule has 3 nitrogen and oxygen atoms in total. The number of hydrogen-bond acceptors (Lipinski definition) is 3. The van der Waals surface area contributed by atoms with Gasteiger partial charge in [0.2, 0.25) is 0 Å². The standard InChI is InChI=1S/C45H58ClN3.3ClH.Fe/c1-31-23-40(33-15-7-3-8-16-33)44(41(24-31)34-17-9-4-10-18-34)47-29-38-27-37(46)28-39(49-38)30-48-45-42(35-19-11-5-12-20-35)25-32(2)26-43(45)36-21-13-6-14-22-36;;;;/h23-30,33-36H,3-22H2,1-2H3;3*1H;/q;;;;+3/p-3. The molecule has 0 bridgehead atoms. The fourth-order valence-electron chi connectivity index (χ4n) is 9.80. The van der Waals surface area contributed by atoms with E-state index in [2.05, 4.69) is 38.1 Å². The van der Waals surface area contributed by atoms with Crippen molar-refractivity contribution >= 4 is 35.4 Å². The Kier molecular flexibility index (Phi) is 19.4. The van der Waals surface area contributed by atoms with Gasteiger partial charge in [-0.3, -0.25) is 9.98 Å². The van der Waals surface area contributed by atoms with Crippen LogP contribution in [0, 0.1) is 13.8 Å². The van der Waals surface area contributed by atoms with Crippen LogP contribution in [-0.4, -0.2) is 17.4 Å². The van der Waals surface area contributed by atoms with E-state index in [1.807, 2.05) is 24.6 Å². The molecule has 0 unspecified atom stereocenters. The molecule has 0 amide bonds. The van der Waals surface area contributed by atoms with E-state index >= 15 is 0 Å². The smallest absolute Gasteiger partial charge is 1.00 e. The zero-order valence-electron chi connectivity index (χ0n) is 31.8. The van der Waals surface area contributed by atoms with Crippen molar-refractivity contribution in [1.82, 2.24) is 4.98 Å². The molecule has 2 aromatic carbocycles. The molecular weight excluding hydrogens is 780 g/mol. The van der Waals surface area contributed by atoms with Gasteiger partial charge < -0.3 is 37.2 Å². The number of rotatable bonds is 8. The van der Waals surface area contributed by atoms with Gasteiger partial charge in [0, 0.05) is 5.02 Å². The quantitative estimate of drug-likeness (QED) is 0.232. The Bertz CT molecular complexity index is 1450. The number of hydrogen-bond donors (Lipinski definition) is 0. The third-order valence-corrected chi connectivity index (χ3v) is 12.5. The van der Waals surface area contributed by atoms with Crippen molar-refractivity contribution in [3.8, 4) is 0 Å². The summed E-state index contributed by atoms with van der Waals surface area (Å²) in [5, 5.41) is 0.686. The number of halogens is 4. The van der Waals surface area contributed by atoms with Crippen LogP contribution >= 0.6 is 11.6 Å². The van der Waals surface area contributed by atoms with Gasteiger partial charge in [0.15, 0.2) is 0 Å². The van der Waals surface area contributed by atoms with Crippen molar-refractivity contribution in [2.75, 3.05) is 0 Å². The molecule has 4 aliphatic carbocycles. The Labute approximate surface area is 354 Å². The molecule has 0 N–H and O–H groups in total. The van der Waals surface area contributed by atoms with E-state index in [0.29, 0.717) is 28.7 Å². The van der Waals surface area contributed by atoms with Crippen LogP contribution in [0.25, 0.3) is 0 Å². The number of nitrogens with zero attached hydrogens (tertiary/aromatic N) is 3. The number of aliphatic imine (C=N–C) groups is 2. The van der Waals surface area contributed by atoms with Crippen LogP contribution in [0.2, 0.25) is 5.02 Å². The van der Waals surface area contributed by atoms with E-state index in [0.717, 1.165) is 11.4 Å². The van der Waals surface area contributed by atoms with Gasteiger partial charge in [-0.1, -0.05) is 124 Å². The molecule has 8 heteroatoms. The van der Waals surface area contributed by atoms with E-state index in [9.17, 15) is 0 Å². The minimum Gasteiger partial charge on any atom is -1.00 e. The molecule has 4 fully saturated rings. The monoisotopic (exact) mass is 836 g/mol. The third-order valence-electron chi connectivity index (χ3n) is 12.3. The Hall–Kier alpha value is -1.39. The molecule has 289 valence electrons. The van der Waals surface area contributed by atoms with Crippen molar-refractivity contribution in [3.05, 3.63) is 86.2 Å². The maximum absolute atomic E-state index is 6.80. The summed E-state index contributed by atoms with van der Waals surface area (Å²) in [6.45, 7) is 4.56. The zero-order chi connectivity index (χ0) is 33.6. The Morgan fingerprint density at radius 3 is 1.00 bits per heavy atom. The average molecular weight is 839 g/mol. The minimum atomic E-state index is 0. The largest absolute Gasteiger partial charge is 3.00 e. The summed E-state index contributed by atoms with van der Waals surface area (Å²) in [6, 6.07) is 13.7. The van der Waals surface area contributed by atoms with Gasteiger partial charge in [-0.2, -0.15) is 0 Å². The number of aromatic nitrogens is 1. The molecule has 7 rings (SSSR count). The van der Waals surface area contributed by atoms with Gasteiger partial charge in [-0.05, 0) is 123 Å². The van der Waals surface area contributed by atoms with Gasteiger partial charge in [-0.25, -0.2) is 4.98 Å². The summed E-state index contributed by atoms with van der Waals surface area (Å²) in [5.41, 5.74) is 12.7. The van der Waals surface area contributed by atoms with Crippen molar-refractivity contribution in [1.29, 1.82) is 0 Å². The van der Waals surface area contributed by atoms with Crippen molar-refractivity contribution in [2.45, 2.75) is 166 Å². The summed E-state index contributed by atoms with van der Waals surface area (Å²) in [6.07, 6.45) is 30.2. The summed E-state index contributed by atoms with van der Waals surface area (Å²) in [7, 11) is 0. The zero-order valence-corrected chi connectivity index (χ0v) is 35.9. The van der Waals surface area contributed by atoms with Gasteiger partial charge >= 0.3 is 17.1 Å². The molecule has 0 spiro atoms. The van der Waals surface area contributed by atoms with Crippen LogP contribution in [0.4, 0.5) is 11.4 Å². The van der Waals surface area contributed by atoms with Gasteiger partial charge in [0.1, 0.15) is 0 Å². The molecule has 3 aromatic rings. The number of benzene rings is 2. The molecule has 0 saturated heterocycles. The molecule has 1 radical (unpaired) electrons. The summed E-state index contributed by atoms with van der Waals surface area (Å²) >= 11 is 6.80. The second kappa shape index (κ2) is 22.4. The van der Waals surface area contributed by atoms with Crippen molar-refractivity contribution in [3.63, 3.8) is 0 Å². The first kappa shape index (κ1) is 46.0. The van der Waals surface area contributed by atoms with E-state index in [1.165, 1.54) is 173 Å². The van der Waals surface area contributed by atoms with Crippen molar-refractivity contribution < 1.29 is 54.3 Å². The molecule has 4 aliphatic rings. The van der Waals surface area contributed by atoms with Crippen molar-refractivity contribution in [2.24, 2.45) is 9.98 Å². The van der Waals surface area contributed by atoms with E-state index in [-0.39, 0.29) is 54.3 Å². The van der Waals surface area contributed by atoms with E-state index < -0.39 is 0 Å². The molecule has 4 saturated carbocycles. The van der Waals surface area contributed by atoms with Crippen LogP contribution in [-0.2, 0) is 17.1 Å². The third kappa shape index (κ3) is 11.8. The molecule has 0 aliphatic heterocycles. The predicted octanol–water partition coefficient (Wildman–Crippen LogP) is 5.05. The van der Waals surface area contributed by atoms with Gasteiger partial charge in [0.25, 0.3) is 0 Å². The van der Waals surface area contributed by atoms with Gasteiger partial charge in [-0.15, -0.1) is 0 Å². The average Bonchev–Trinajstić information content (AvgIpc) is 3.14. The first-order chi connectivity index (χ1) is 24.0. The van der Waals surface area contributed by atoms with Crippen LogP contribution in [0.1, 0.15) is 197 Å². The Morgan fingerprint density at radius 1 is 0.472 bits per heavy atom. The topological polar surface area (TPSA) is 37.6 Å². The number of pyridine rings is 1. The second-order valence-corrected chi connectivity index (χ2v) is 16.5. The Balaban J connectivity index is 0.00000189. The summed E-state index contributed by atoms with van der Waals surface area (Å²) in [5.74, 6) is 2.41. The maximum Gasteiger partial charge on any atom is 3.00 e. The number of aryl methyl sites for hydroxylation is 2. The maximum atomic E-state index is 6.80. The fourth-order valence-corrected chi connectivity index (χ4v) is 10.0. The molecule has 53 heavy (non-hydrogen) atoms. The van der Waals surface area contributed by atoms with E-state index in [1.54, 1.807) is 0 Å². The molecular formula is C45H58Cl4FeN3. The summed E-state index contributed by atoms with van der Waals surface area (Å²) in [4.78, 5) is 15.8. The van der Waals surface area contributed by atoms with Crippen LogP contribution < -0.4 is 37.2 Å². The molecule has 0 atom stereocenters. The SMILES string of the molecule is Cc1cc(C2CCCCC2)c(N=Cc2cc(Cl)cc(C=Nc3c(C4CCCCC4)cc(C)cc3C3CCCCC3)n2)c(C2CCCCC2)c1.[Cl-].[Cl-].[Cl-].[Fe+3]. The van der Waals surface area contributed by atoms with Crippen LogP contribution in [0.15, 0.2) is 46.4 Å². The van der Waals surface area contributed by atoms with Crippen LogP contribution in [0.3, 0.4) is 0 Å². The normalized spacial score (nSPS) is 19.3. The second-order valence-electron chi connectivity index (χ2n) is 16.1. The predicted molar refractivity (Wildman–Crippen MR) is 209 cm³/mol. The van der Waals surface area contributed by atoms with Crippen LogP contribution in [0.5, 0.6) is 0 Å². The first-order valence-electron chi connectivity index (χ1n) is 20.1. The van der Waals surface area contributed by atoms with E-state index in [4.69, 9.17) is 26.6 Å². The summed E-state index contributed by atoms with van der Waals surface area (Å²) < 4.78 is 0.